The SMILES string of the molecule is C[C@@H](Sc1nc(NC2CC2)c2ccccc2n1)C(=O)N1CCCC1. The van der Waals surface area contributed by atoms with Gasteiger partial charge in [-0.15, -0.1) is 0 Å². The lowest BCUT2D eigenvalue weighted by Crippen LogP contribution is -2.34. The van der Waals surface area contributed by atoms with E-state index in [0.29, 0.717) is 11.2 Å². The van der Waals surface area contributed by atoms with Crippen molar-refractivity contribution in [1.82, 2.24) is 14.9 Å². The van der Waals surface area contributed by atoms with E-state index in [4.69, 9.17) is 4.98 Å². The highest BCUT2D eigenvalue weighted by Gasteiger charge is 2.26. The molecule has 1 aliphatic carbocycles. The minimum atomic E-state index is -0.155. The first kappa shape index (κ1) is 15.7. The number of carbonyl (C=O) groups is 1. The van der Waals surface area contributed by atoms with Crippen LogP contribution in [-0.2, 0) is 4.79 Å². The van der Waals surface area contributed by atoms with Crippen molar-refractivity contribution >= 4 is 34.4 Å². The van der Waals surface area contributed by atoms with Gasteiger partial charge in [-0.2, -0.15) is 0 Å². The summed E-state index contributed by atoms with van der Waals surface area (Å²) in [6.45, 7) is 3.73. The van der Waals surface area contributed by atoms with E-state index in [1.54, 1.807) is 0 Å². The van der Waals surface area contributed by atoms with Gasteiger partial charge in [-0.05, 0) is 44.7 Å². The maximum Gasteiger partial charge on any atom is 0.235 e. The van der Waals surface area contributed by atoms with E-state index >= 15 is 0 Å². The van der Waals surface area contributed by atoms with Crippen LogP contribution in [0.5, 0.6) is 0 Å². The normalized spacial score (nSPS) is 18.8. The van der Waals surface area contributed by atoms with Crippen molar-refractivity contribution in [2.75, 3.05) is 18.4 Å². The Hall–Kier alpha value is -1.82. The smallest absolute Gasteiger partial charge is 0.235 e. The highest BCUT2D eigenvalue weighted by atomic mass is 32.2. The lowest BCUT2D eigenvalue weighted by molar-refractivity contribution is -0.129. The number of para-hydroxylation sites is 1. The molecule has 1 saturated heterocycles. The maximum absolute atomic E-state index is 12.5. The van der Waals surface area contributed by atoms with E-state index in [1.165, 1.54) is 24.6 Å². The molecule has 1 aromatic carbocycles. The number of anilines is 1. The van der Waals surface area contributed by atoms with Crippen LogP contribution in [0, 0.1) is 0 Å². The lowest BCUT2D eigenvalue weighted by Gasteiger charge is -2.19. The number of carbonyl (C=O) groups excluding carboxylic acids is 1. The number of fused-ring (bicyclic) bond motifs is 1. The Bertz CT molecular complexity index is 756. The van der Waals surface area contributed by atoms with Gasteiger partial charge in [0.05, 0.1) is 10.8 Å². The van der Waals surface area contributed by atoms with Crippen LogP contribution in [0.2, 0.25) is 0 Å². The zero-order chi connectivity index (χ0) is 16.5. The summed E-state index contributed by atoms with van der Waals surface area (Å²) >= 11 is 1.46. The molecule has 2 fully saturated rings. The molecule has 1 N–H and O–H groups in total. The third-order valence-corrected chi connectivity index (χ3v) is 5.50. The predicted octanol–water partition coefficient (Wildman–Crippen LogP) is 3.31. The molecule has 2 heterocycles. The number of thioether (sulfide) groups is 1. The first-order chi connectivity index (χ1) is 11.7. The zero-order valence-electron chi connectivity index (χ0n) is 13.9. The van der Waals surface area contributed by atoms with Gasteiger partial charge in [0.15, 0.2) is 5.16 Å². The summed E-state index contributed by atoms with van der Waals surface area (Å²) in [6, 6.07) is 8.59. The maximum atomic E-state index is 12.5. The van der Waals surface area contributed by atoms with Gasteiger partial charge in [-0.1, -0.05) is 23.9 Å². The van der Waals surface area contributed by atoms with Crippen molar-refractivity contribution in [3.63, 3.8) is 0 Å². The fourth-order valence-electron chi connectivity index (χ4n) is 3.04. The highest BCUT2D eigenvalue weighted by molar-refractivity contribution is 8.00. The summed E-state index contributed by atoms with van der Waals surface area (Å²) in [5.41, 5.74) is 0.930. The first-order valence-electron chi connectivity index (χ1n) is 8.69. The second-order valence-electron chi connectivity index (χ2n) is 6.58. The Kier molecular flexibility index (Phi) is 4.31. The average Bonchev–Trinajstić information content (AvgIpc) is 3.23. The van der Waals surface area contributed by atoms with Crippen LogP contribution >= 0.6 is 11.8 Å². The van der Waals surface area contributed by atoms with Crippen LogP contribution in [0.15, 0.2) is 29.4 Å². The largest absolute Gasteiger partial charge is 0.367 e. The van der Waals surface area contributed by atoms with Crippen molar-refractivity contribution in [2.45, 2.75) is 49.1 Å². The van der Waals surface area contributed by atoms with Gasteiger partial charge in [0, 0.05) is 24.5 Å². The van der Waals surface area contributed by atoms with E-state index in [9.17, 15) is 4.79 Å². The number of likely N-dealkylation sites (tertiary alicyclic amines) is 1. The molecule has 5 nitrogen and oxygen atoms in total. The second-order valence-corrected chi connectivity index (χ2v) is 7.89. The molecule has 2 aliphatic rings. The fraction of sp³-hybridized carbons (Fsp3) is 0.500. The first-order valence-corrected chi connectivity index (χ1v) is 9.57. The molecule has 1 amide bonds. The van der Waals surface area contributed by atoms with Crippen LogP contribution in [0.3, 0.4) is 0 Å². The number of nitrogens with one attached hydrogen (secondary N) is 1. The molecule has 1 aromatic heterocycles. The Morgan fingerprint density at radius 3 is 2.75 bits per heavy atom. The summed E-state index contributed by atoms with van der Waals surface area (Å²) in [6.07, 6.45) is 4.63. The quantitative estimate of drug-likeness (QED) is 0.667. The summed E-state index contributed by atoms with van der Waals surface area (Å²) in [7, 11) is 0. The van der Waals surface area contributed by atoms with Crippen LogP contribution < -0.4 is 5.32 Å². The van der Waals surface area contributed by atoms with Crippen LogP contribution in [0.4, 0.5) is 5.82 Å². The molecule has 1 saturated carbocycles. The highest BCUT2D eigenvalue weighted by Crippen LogP contribution is 2.31. The molecule has 1 aliphatic heterocycles. The monoisotopic (exact) mass is 342 g/mol. The van der Waals surface area contributed by atoms with Crippen LogP contribution in [-0.4, -0.2) is 45.2 Å². The summed E-state index contributed by atoms with van der Waals surface area (Å²) in [5.74, 6) is 1.09. The Labute approximate surface area is 146 Å². The van der Waals surface area contributed by atoms with Gasteiger partial charge in [0.25, 0.3) is 0 Å². The summed E-state index contributed by atoms with van der Waals surface area (Å²) < 4.78 is 0. The van der Waals surface area contributed by atoms with Gasteiger partial charge in [0.2, 0.25) is 5.91 Å². The van der Waals surface area contributed by atoms with E-state index in [-0.39, 0.29) is 11.2 Å². The number of hydrogen-bond acceptors (Lipinski definition) is 5. The number of aromatic nitrogens is 2. The topological polar surface area (TPSA) is 58.1 Å². The van der Waals surface area contributed by atoms with Gasteiger partial charge in [0.1, 0.15) is 5.82 Å². The molecule has 24 heavy (non-hydrogen) atoms. The van der Waals surface area contributed by atoms with Gasteiger partial charge < -0.3 is 10.2 Å². The Balaban J connectivity index is 1.57. The molecule has 2 aromatic rings. The molecular formula is C18H22N4OS. The molecule has 6 heteroatoms. The van der Waals surface area contributed by atoms with Crippen molar-refractivity contribution in [2.24, 2.45) is 0 Å². The van der Waals surface area contributed by atoms with E-state index in [2.05, 4.69) is 10.3 Å². The predicted molar refractivity (Wildman–Crippen MR) is 97.3 cm³/mol. The third-order valence-electron chi connectivity index (χ3n) is 4.55. The molecule has 1 atom stereocenters. The number of amides is 1. The standard InChI is InChI=1S/C18H22N4OS/c1-12(17(23)22-10-4-5-11-22)24-18-20-15-7-3-2-6-14(15)16(21-18)19-13-8-9-13/h2-3,6-7,12-13H,4-5,8-11H2,1H3,(H,19,20,21)/t12-/m1/s1. The zero-order valence-corrected chi connectivity index (χ0v) is 14.7. The lowest BCUT2D eigenvalue weighted by atomic mass is 10.2. The fourth-order valence-corrected chi connectivity index (χ4v) is 3.90. The average molecular weight is 342 g/mol. The van der Waals surface area contributed by atoms with Crippen molar-refractivity contribution < 1.29 is 4.79 Å². The van der Waals surface area contributed by atoms with Gasteiger partial charge >= 0.3 is 0 Å². The number of rotatable bonds is 5. The van der Waals surface area contributed by atoms with Crippen molar-refractivity contribution in [3.8, 4) is 0 Å². The molecule has 0 radical (unpaired) electrons. The van der Waals surface area contributed by atoms with Gasteiger partial charge in [-0.3, -0.25) is 4.79 Å². The third kappa shape index (κ3) is 3.34. The minimum absolute atomic E-state index is 0.155. The number of nitrogens with zero attached hydrogens (tertiary/aromatic N) is 3. The van der Waals surface area contributed by atoms with E-state index < -0.39 is 0 Å². The minimum Gasteiger partial charge on any atom is -0.367 e. The number of benzene rings is 1. The molecule has 0 bridgehead atoms. The molecule has 0 spiro atoms. The van der Waals surface area contributed by atoms with Crippen molar-refractivity contribution in [1.29, 1.82) is 0 Å². The van der Waals surface area contributed by atoms with Gasteiger partial charge in [-0.25, -0.2) is 9.97 Å². The molecule has 126 valence electrons. The molecule has 0 unspecified atom stereocenters. The summed E-state index contributed by atoms with van der Waals surface area (Å²) in [4.78, 5) is 23.8. The summed E-state index contributed by atoms with van der Waals surface area (Å²) in [5, 5.41) is 5.07. The molecule has 4 rings (SSSR count). The number of hydrogen-bond donors (Lipinski definition) is 1. The molecular weight excluding hydrogens is 320 g/mol. The second kappa shape index (κ2) is 6.59. The van der Waals surface area contributed by atoms with E-state index in [1.807, 2.05) is 36.1 Å². The Morgan fingerprint density at radius 1 is 1.25 bits per heavy atom. The Morgan fingerprint density at radius 2 is 2.00 bits per heavy atom. The van der Waals surface area contributed by atoms with E-state index in [0.717, 1.165) is 42.7 Å². The van der Waals surface area contributed by atoms with Crippen LogP contribution in [0.1, 0.15) is 32.6 Å². The van der Waals surface area contributed by atoms with Crippen LogP contribution in [0.25, 0.3) is 10.9 Å². The van der Waals surface area contributed by atoms with Crippen molar-refractivity contribution in [3.05, 3.63) is 24.3 Å².